The molecule has 0 unspecified atom stereocenters. The van der Waals surface area contributed by atoms with Crippen LogP contribution in [0.4, 0.5) is 5.69 Å². The van der Waals surface area contributed by atoms with Gasteiger partial charge in [0, 0.05) is 14.5 Å². The maximum Gasteiger partial charge on any atom is 0.267 e. The maximum absolute atomic E-state index is 13.7. The molecule has 1 aliphatic heterocycles. The Morgan fingerprint density at radius 1 is 0.872 bits per heavy atom. The van der Waals surface area contributed by atoms with Crippen LogP contribution in [-0.4, -0.2) is 23.1 Å². The van der Waals surface area contributed by atoms with Gasteiger partial charge >= 0.3 is 0 Å². The van der Waals surface area contributed by atoms with Gasteiger partial charge in [0.15, 0.2) is 5.17 Å². The number of hydrogen-bond donors (Lipinski definition) is 0. The third-order valence-corrected chi connectivity index (χ3v) is 7.96. The molecule has 0 bridgehead atoms. The van der Waals surface area contributed by atoms with Crippen LogP contribution in [0.15, 0.2) is 116 Å². The van der Waals surface area contributed by atoms with E-state index in [9.17, 15) is 4.79 Å². The summed E-state index contributed by atoms with van der Waals surface area (Å²) < 4.78 is 13.4. The lowest BCUT2D eigenvalue weighted by Gasteiger charge is -2.16. The number of rotatable bonds is 8. The van der Waals surface area contributed by atoms with Crippen LogP contribution in [-0.2, 0) is 17.9 Å². The van der Waals surface area contributed by atoms with Gasteiger partial charge in [-0.25, -0.2) is 4.99 Å². The zero-order valence-electron chi connectivity index (χ0n) is 21.0. The number of aliphatic imine (C=N–C) groups is 1. The van der Waals surface area contributed by atoms with E-state index < -0.39 is 0 Å². The van der Waals surface area contributed by atoms with Crippen LogP contribution in [0.2, 0.25) is 0 Å². The number of thioether (sulfide) groups is 1. The fraction of sp³-hybridized carbons (Fsp3) is 0.0968. The Hall–Kier alpha value is -3.33. The van der Waals surface area contributed by atoms with Crippen molar-refractivity contribution in [2.45, 2.75) is 13.2 Å². The highest BCUT2D eigenvalue weighted by Crippen LogP contribution is 2.37. The van der Waals surface area contributed by atoms with E-state index in [1.54, 1.807) is 12.0 Å². The summed E-state index contributed by atoms with van der Waals surface area (Å²) >= 11 is 8.39. The van der Waals surface area contributed by atoms with Crippen LogP contribution in [0, 0.1) is 0 Å². The number of ether oxygens (including phenoxy) is 2. The van der Waals surface area contributed by atoms with Crippen molar-refractivity contribution in [1.29, 1.82) is 0 Å². The summed E-state index contributed by atoms with van der Waals surface area (Å²) in [7, 11) is 1.64. The van der Waals surface area contributed by atoms with Gasteiger partial charge in [-0.05, 0) is 83.6 Å². The van der Waals surface area contributed by atoms with Gasteiger partial charge < -0.3 is 9.47 Å². The molecule has 1 aliphatic rings. The van der Waals surface area contributed by atoms with E-state index in [4.69, 9.17) is 14.5 Å². The van der Waals surface area contributed by atoms with Gasteiger partial charge in [0.05, 0.1) is 24.2 Å². The smallest absolute Gasteiger partial charge is 0.267 e. The van der Waals surface area contributed by atoms with E-state index in [2.05, 4.69) is 31.9 Å². The van der Waals surface area contributed by atoms with E-state index in [-0.39, 0.29) is 5.91 Å². The summed E-state index contributed by atoms with van der Waals surface area (Å²) in [4.78, 5) is 20.8. The van der Waals surface area contributed by atoms with Crippen LogP contribution in [0.1, 0.15) is 16.7 Å². The second-order valence-corrected chi connectivity index (χ2v) is 11.5. The van der Waals surface area contributed by atoms with Crippen molar-refractivity contribution in [1.82, 2.24) is 4.90 Å². The molecule has 39 heavy (non-hydrogen) atoms. The van der Waals surface area contributed by atoms with E-state index in [0.29, 0.717) is 29.0 Å². The van der Waals surface area contributed by atoms with Crippen LogP contribution in [0.25, 0.3) is 6.08 Å². The molecule has 0 radical (unpaired) electrons. The first-order valence-electron chi connectivity index (χ1n) is 12.1. The molecule has 0 atom stereocenters. The number of hydrogen-bond acceptors (Lipinski definition) is 5. The van der Waals surface area contributed by atoms with Crippen molar-refractivity contribution in [3.63, 3.8) is 0 Å². The number of amides is 1. The molecule has 1 heterocycles. The lowest BCUT2D eigenvalue weighted by atomic mass is 10.1. The molecule has 4 aromatic carbocycles. The quantitative estimate of drug-likeness (QED) is 0.177. The zero-order valence-corrected chi connectivity index (χ0v) is 25.0. The number of methoxy groups -OCH3 is 1. The Labute approximate surface area is 248 Å². The number of halogens is 2. The van der Waals surface area contributed by atoms with E-state index in [0.717, 1.165) is 37.1 Å². The Morgan fingerprint density at radius 2 is 1.56 bits per heavy atom. The van der Waals surface area contributed by atoms with E-state index in [1.165, 1.54) is 11.8 Å². The molecule has 5 rings (SSSR count). The number of carbonyl (C=O) groups is 1. The fourth-order valence-electron chi connectivity index (χ4n) is 3.90. The van der Waals surface area contributed by atoms with Gasteiger partial charge in [-0.3, -0.25) is 9.69 Å². The van der Waals surface area contributed by atoms with Crippen LogP contribution < -0.4 is 9.47 Å². The molecule has 1 amide bonds. The average Bonchev–Trinajstić information content (AvgIpc) is 3.23. The average molecular weight is 664 g/mol. The summed E-state index contributed by atoms with van der Waals surface area (Å²) in [6, 6.07) is 31.2. The molecule has 8 heteroatoms. The van der Waals surface area contributed by atoms with Crippen molar-refractivity contribution < 1.29 is 14.3 Å². The standard InChI is InChI=1S/C31H24Br2N2O3S/c1-37-27-14-9-21(10-15-27)19-35-30(36)29(39-31(35)34-26-5-3-2-4-6-26)18-23-17-25(33)13-16-28(23)38-20-22-7-11-24(32)12-8-22/h2-18H,19-20H2,1H3/b29-18-,34-31?. The summed E-state index contributed by atoms with van der Waals surface area (Å²) in [5.74, 6) is 1.35. The molecule has 0 aliphatic carbocycles. The molecule has 5 nitrogen and oxygen atoms in total. The summed E-state index contributed by atoms with van der Waals surface area (Å²) in [5, 5.41) is 0.626. The minimum atomic E-state index is -0.107. The van der Waals surface area contributed by atoms with Crippen molar-refractivity contribution >= 4 is 66.5 Å². The number of amidine groups is 1. The first-order valence-corrected chi connectivity index (χ1v) is 14.5. The molecule has 0 N–H and O–H groups in total. The largest absolute Gasteiger partial charge is 0.497 e. The third-order valence-electron chi connectivity index (χ3n) is 5.93. The maximum atomic E-state index is 13.7. The molecule has 0 aromatic heterocycles. The van der Waals surface area contributed by atoms with Crippen molar-refractivity contribution in [2.24, 2.45) is 4.99 Å². The highest BCUT2D eigenvalue weighted by Gasteiger charge is 2.33. The first kappa shape index (κ1) is 27.2. The first-order chi connectivity index (χ1) is 19.0. The van der Waals surface area contributed by atoms with Gasteiger partial charge in [0.2, 0.25) is 0 Å². The summed E-state index contributed by atoms with van der Waals surface area (Å²) in [5.41, 5.74) is 3.62. The molecule has 0 spiro atoms. The summed E-state index contributed by atoms with van der Waals surface area (Å²) in [6.07, 6.45) is 1.88. The van der Waals surface area contributed by atoms with Gasteiger partial charge in [-0.2, -0.15) is 0 Å². The van der Waals surface area contributed by atoms with Gasteiger partial charge in [-0.15, -0.1) is 0 Å². The van der Waals surface area contributed by atoms with Crippen molar-refractivity contribution in [2.75, 3.05) is 7.11 Å². The minimum absolute atomic E-state index is 0.107. The topological polar surface area (TPSA) is 51.1 Å². The van der Waals surface area contributed by atoms with Crippen molar-refractivity contribution in [3.8, 4) is 11.5 Å². The molecule has 4 aromatic rings. The minimum Gasteiger partial charge on any atom is -0.497 e. The zero-order chi connectivity index (χ0) is 27.2. The highest BCUT2D eigenvalue weighted by atomic mass is 79.9. The number of carbonyl (C=O) groups excluding carboxylic acids is 1. The second-order valence-electron chi connectivity index (χ2n) is 8.68. The lowest BCUT2D eigenvalue weighted by Crippen LogP contribution is -2.28. The highest BCUT2D eigenvalue weighted by molar-refractivity contribution is 9.10. The predicted octanol–water partition coefficient (Wildman–Crippen LogP) is 8.60. The van der Waals surface area contributed by atoms with Crippen LogP contribution in [0.5, 0.6) is 11.5 Å². The van der Waals surface area contributed by atoms with Gasteiger partial charge in [0.1, 0.15) is 18.1 Å². The molecule has 1 fully saturated rings. The van der Waals surface area contributed by atoms with Gasteiger partial charge in [0.25, 0.3) is 5.91 Å². The van der Waals surface area contributed by atoms with Crippen LogP contribution in [0.3, 0.4) is 0 Å². The SMILES string of the molecule is COc1ccc(CN2C(=O)/C(=C/c3cc(Br)ccc3OCc3ccc(Br)cc3)SC2=Nc2ccccc2)cc1. The molecule has 1 saturated heterocycles. The lowest BCUT2D eigenvalue weighted by molar-refractivity contribution is -0.122. The van der Waals surface area contributed by atoms with E-state index >= 15 is 0 Å². The van der Waals surface area contributed by atoms with Gasteiger partial charge in [-0.1, -0.05) is 74.3 Å². The number of para-hydroxylation sites is 1. The molecular formula is C31H24Br2N2O3S. The normalized spacial score (nSPS) is 15.3. The third kappa shape index (κ3) is 7.01. The Morgan fingerprint density at radius 3 is 2.28 bits per heavy atom. The Bertz CT molecular complexity index is 1520. The molecule has 196 valence electrons. The van der Waals surface area contributed by atoms with Crippen LogP contribution >= 0.6 is 43.6 Å². The molecular weight excluding hydrogens is 640 g/mol. The molecule has 0 saturated carbocycles. The predicted molar refractivity (Wildman–Crippen MR) is 165 cm³/mol. The Kier molecular flexibility index (Phi) is 8.86. The summed E-state index contributed by atoms with van der Waals surface area (Å²) in [6.45, 7) is 0.806. The van der Waals surface area contributed by atoms with E-state index in [1.807, 2.05) is 103 Å². The second kappa shape index (κ2) is 12.7. The fourth-order valence-corrected chi connectivity index (χ4v) is 5.54. The number of nitrogens with zero attached hydrogens (tertiary/aromatic N) is 2. The van der Waals surface area contributed by atoms with Crippen molar-refractivity contribution in [3.05, 3.63) is 128 Å². The monoisotopic (exact) mass is 662 g/mol. The number of benzene rings is 4. The Balaban J connectivity index is 1.45.